The summed E-state index contributed by atoms with van der Waals surface area (Å²) in [4.78, 5) is 50.4. The number of likely N-dealkylation sites (N-methyl/N-ethyl adjacent to an activating group) is 2. The maximum Gasteiger partial charge on any atom is 0.302 e. The molecule has 2 unspecified atom stereocenters. The molecule has 0 aliphatic carbocycles. The molecule has 0 aliphatic heterocycles. The molecule has 0 heterocycles. The van der Waals surface area contributed by atoms with Gasteiger partial charge in [0.05, 0.1) is 6.04 Å². The van der Waals surface area contributed by atoms with Gasteiger partial charge in [-0.2, -0.15) is 0 Å². The van der Waals surface area contributed by atoms with Crippen molar-refractivity contribution in [2.75, 3.05) is 21.1 Å². The summed E-state index contributed by atoms with van der Waals surface area (Å²) in [6, 6.07) is -0.798. The Morgan fingerprint density at radius 3 is 2.15 bits per heavy atom. The lowest BCUT2D eigenvalue weighted by atomic mass is 9.89. The van der Waals surface area contributed by atoms with E-state index in [1.807, 2.05) is 51.9 Å². The van der Waals surface area contributed by atoms with E-state index in [1.54, 1.807) is 7.05 Å². The first-order valence-electron chi connectivity index (χ1n) is 12.4. The fraction of sp³-hybridized carbons (Fsp3) is 0.731. The van der Waals surface area contributed by atoms with Gasteiger partial charge in [-0.25, -0.2) is 0 Å². The number of Topliss-reactive ketones (excluding diaryl/α,β-unsaturated/α-hetero) is 2. The van der Waals surface area contributed by atoms with Crippen LogP contribution in [0.4, 0.5) is 0 Å². The fourth-order valence-corrected chi connectivity index (χ4v) is 3.88. The van der Waals surface area contributed by atoms with Crippen molar-refractivity contribution in [3.05, 3.63) is 18.7 Å². The number of ketones is 2. The summed E-state index contributed by atoms with van der Waals surface area (Å²) in [6.45, 7) is 8.45. The molecule has 4 atom stereocenters. The first kappa shape index (κ1) is 31.9. The predicted octanol–water partition coefficient (Wildman–Crippen LogP) is 3.21. The van der Waals surface area contributed by atoms with E-state index in [4.69, 9.17) is 4.74 Å². The average molecular weight is 481 g/mol. The third-order valence-corrected chi connectivity index (χ3v) is 5.85. The SMILES string of the molecule is CC=CC[C@@H](C)C(OC(C)=O)C(C(=O)CCCCCCC(=O)[CH]NC(=O)[C@H](CC)NC)N(C)C. The summed E-state index contributed by atoms with van der Waals surface area (Å²) in [7, 11) is 5.38. The number of esters is 1. The minimum atomic E-state index is -0.505. The van der Waals surface area contributed by atoms with Crippen LogP contribution in [0.2, 0.25) is 0 Å². The second-order valence-electron chi connectivity index (χ2n) is 9.01. The minimum Gasteiger partial charge on any atom is -0.460 e. The van der Waals surface area contributed by atoms with Crippen LogP contribution >= 0.6 is 0 Å². The van der Waals surface area contributed by atoms with Gasteiger partial charge < -0.3 is 15.4 Å². The molecule has 0 saturated carbocycles. The average Bonchev–Trinajstić information content (AvgIpc) is 2.78. The van der Waals surface area contributed by atoms with Crippen molar-refractivity contribution in [2.24, 2.45) is 5.92 Å². The number of allylic oxidation sites excluding steroid dienone is 2. The zero-order chi connectivity index (χ0) is 26.1. The number of carbonyl (C=O) groups is 4. The number of unbranched alkanes of at least 4 members (excludes halogenated alkanes) is 3. The Kier molecular flexibility index (Phi) is 17.2. The predicted molar refractivity (Wildman–Crippen MR) is 135 cm³/mol. The van der Waals surface area contributed by atoms with E-state index in [0.29, 0.717) is 32.1 Å². The maximum atomic E-state index is 13.0. The van der Waals surface area contributed by atoms with Gasteiger partial charge in [0, 0.05) is 19.8 Å². The van der Waals surface area contributed by atoms with Crippen LogP contribution < -0.4 is 10.6 Å². The van der Waals surface area contributed by atoms with Crippen LogP contribution in [0, 0.1) is 12.5 Å². The molecule has 8 nitrogen and oxygen atoms in total. The van der Waals surface area contributed by atoms with Crippen molar-refractivity contribution in [1.82, 2.24) is 15.5 Å². The normalized spacial score (nSPS) is 15.1. The summed E-state index contributed by atoms with van der Waals surface area (Å²) in [5, 5.41) is 5.45. The van der Waals surface area contributed by atoms with Crippen molar-refractivity contribution in [1.29, 1.82) is 0 Å². The zero-order valence-corrected chi connectivity index (χ0v) is 22.2. The van der Waals surface area contributed by atoms with Crippen LogP contribution in [0.5, 0.6) is 0 Å². The molecule has 2 N–H and O–H groups in total. The zero-order valence-electron chi connectivity index (χ0n) is 22.2. The molecular formula is C26H46N3O5. The molecule has 0 bridgehead atoms. The highest BCUT2D eigenvalue weighted by molar-refractivity contribution is 5.92. The Balaban J connectivity index is 4.51. The Bertz CT molecular complexity index is 659. The molecule has 1 amide bonds. The second-order valence-corrected chi connectivity index (χ2v) is 9.01. The standard InChI is InChI=1S/C26H46N3O5/c1-8-10-15-19(3)25(34-20(4)30)24(29(6)7)23(32)17-14-12-11-13-16-21(31)18-28-26(33)22(9-2)27-5/h8,10,18-19,22,24-25,27H,9,11-17H2,1-7H3,(H,28,33)/t19-,22+,24?,25?/m1/s1. The largest absolute Gasteiger partial charge is 0.460 e. The topological polar surface area (TPSA) is 105 Å². The lowest BCUT2D eigenvalue weighted by molar-refractivity contribution is -0.155. The Labute approximate surface area is 206 Å². The van der Waals surface area contributed by atoms with Crippen LogP contribution in [0.25, 0.3) is 0 Å². The van der Waals surface area contributed by atoms with Crippen LogP contribution in [-0.2, 0) is 23.9 Å². The third kappa shape index (κ3) is 13.0. The molecule has 0 aromatic rings. The van der Waals surface area contributed by atoms with E-state index < -0.39 is 12.1 Å². The molecule has 8 heteroatoms. The summed E-state index contributed by atoms with van der Waals surface area (Å²) >= 11 is 0. The highest BCUT2D eigenvalue weighted by Gasteiger charge is 2.35. The fourth-order valence-electron chi connectivity index (χ4n) is 3.88. The van der Waals surface area contributed by atoms with Gasteiger partial charge in [0.1, 0.15) is 18.7 Å². The van der Waals surface area contributed by atoms with Gasteiger partial charge >= 0.3 is 5.97 Å². The van der Waals surface area contributed by atoms with Gasteiger partial charge in [-0.1, -0.05) is 38.8 Å². The van der Waals surface area contributed by atoms with Crippen LogP contribution in [-0.4, -0.2) is 67.7 Å². The first-order chi connectivity index (χ1) is 16.1. The highest BCUT2D eigenvalue weighted by Crippen LogP contribution is 2.22. The summed E-state index contributed by atoms with van der Waals surface area (Å²) < 4.78 is 5.58. The van der Waals surface area contributed by atoms with E-state index >= 15 is 0 Å². The molecule has 0 rings (SSSR count). The first-order valence-corrected chi connectivity index (χ1v) is 12.4. The molecule has 0 aromatic heterocycles. The van der Waals surface area contributed by atoms with Gasteiger partial charge in [-0.15, -0.1) is 0 Å². The number of hydrogen-bond acceptors (Lipinski definition) is 7. The number of ether oxygens (including phenoxy) is 1. The van der Waals surface area contributed by atoms with Crippen molar-refractivity contribution in [2.45, 2.75) is 97.2 Å². The summed E-state index contributed by atoms with van der Waals surface area (Å²) in [6.07, 6.45) is 8.68. The van der Waals surface area contributed by atoms with Crippen LogP contribution in [0.1, 0.15) is 79.1 Å². The highest BCUT2D eigenvalue weighted by atomic mass is 16.5. The molecule has 0 aromatic carbocycles. The Morgan fingerprint density at radius 2 is 1.65 bits per heavy atom. The van der Waals surface area contributed by atoms with E-state index in [1.165, 1.54) is 13.5 Å². The number of hydrogen-bond donors (Lipinski definition) is 2. The number of rotatable bonds is 19. The van der Waals surface area contributed by atoms with Crippen LogP contribution in [0.3, 0.4) is 0 Å². The smallest absolute Gasteiger partial charge is 0.302 e. The Hall–Kier alpha value is -2.06. The van der Waals surface area contributed by atoms with Gasteiger partial charge in [0.25, 0.3) is 0 Å². The molecule has 0 aliphatic rings. The van der Waals surface area contributed by atoms with Gasteiger partial charge in [0.2, 0.25) is 5.91 Å². The lowest BCUT2D eigenvalue weighted by Gasteiger charge is -2.34. The molecule has 0 spiro atoms. The van der Waals surface area contributed by atoms with Crippen LogP contribution in [0.15, 0.2) is 12.2 Å². The maximum absolute atomic E-state index is 13.0. The Morgan fingerprint density at radius 1 is 1.03 bits per heavy atom. The quantitative estimate of drug-likeness (QED) is 0.166. The van der Waals surface area contributed by atoms with Crippen molar-refractivity contribution < 1.29 is 23.9 Å². The molecule has 0 saturated heterocycles. The number of amides is 1. The van der Waals surface area contributed by atoms with E-state index in [2.05, 4.69) is 10.6 Å². The van der Waals surface area contributed by atoms with E-state index in [-0.39, 0.29) is 35.4 Å². The number of nitrogens with one attached hydrogen (secondary N) is 2. The lowest BCUT2D eigenvalue weighted by Crippen LogP contribution is -2.49. The summed E-state index contributed by atoms with van der Waals surface area (Å²) in [5.41, 5.74) is 0. The van der Waals surface area contributed by atoms with Crippen molar-refractivity contribution >= 4 is 23.4 Å². The second kappa shape index (κ2) is 18.3. The molecular weight excluding hydrogens is 434 g/mol. The molecule has 34 heavy (non-hydrogen) atoms. The monoisotopic (exact) mass is 480 g/mol. The van der Waals surface area contributed by atoms with Crippen molar-refractivity contribution in [3.8, 4) is 0 Å². The third-order valence-electron chi connectivity index (χ3n) is 5.85. The number of carbonyl (C=O) groups excluding carboxylic acids is 4. The van der Waals surface area contributed by atoms with Gasteiger partial charge in [-0.05, 0) is 59.7 Å². The molecule has 195 valence electrons. The van der Waals surface area contributed by atoms with E-state index in [9.17, 15) is 19.2 Å². The van der Waals surface area contributed by atoms with Gasteiger partial charge in [-0.3, -0.25) is 24.1 Å². The van der Waals surface area contributed by atoms with Gasteiger partial charge in [0.15, 0.2) is 11.6 Å². The van der Waals surface area contributed by atoms with E-state index in [0.717, 1.165) is 19.3 Å². The molecule has 0 fully saturated rings. The summed E-state index contributed by atoms with van der Waals surface area (Å²) in [5.74, 6) is -0.627. The van der Waals surface area contributed by atoms with Crippen molar-refractivity contribution in [3.63, 3.8) is 0 Å². The minimum absolute atomic E-state index is 0.0138. The molecule has 1 radical (unpaired) electrons. The number of nitrogens with zero attached hydrogens (tertiary/aromatic N) is 1.